The lowest BCUT2D eigenvalue weighted by molar-refractivity contribution is 0.212. The van der Waals surface area contributed by atoms with Crippen LogP contribution in [0, 0.1) is 10.8 Å². The van der Waals surface area contributed by atoms with Crippen LogP contribution in [0.2, 0.25) is 0 Å². The minimum Gasteiger partial charge on any atom is -0.303 e. The van der Waals surface area contributed by atoms with Gasteiger partial charge in [-0.1, -0.05) is 46.2 Å². The Balaban J connectivity index is 2.50. The molecule has 1 aromatic rings. The lowest BCUT2D eigenvalue weighted by atomic mass is 10.1. The summed E-state index contributed by atoms with van der Waals surface area (Å²) in [5, 5.41) is 2.99. The SMILES string of the molecule is CCCN(CCC)CCCCN(Cc1ccc(N=O)cc1)CC(C)CC. The van der Waals surface area contributed by atoms with Crippen LogP contribution in [0.1, 0.15) is 65.4 Å². The molecule has 0 radical (unpaired) electrons. The van der Waals surface area contributed by atoms with Crippen LogP contribution >= 0.6 is 0 Å². The van der Waals surface area contributed by atoms with Crippen LogP contribution < -0.4 is 0 Å². The molecular formula is C22H39N3O. The summed E-state index contributed by atoms with van der Waals surface area (Å²) in [7, 11) is 0. The summed E-state index contributed by atoms with van der Waals surface area (Å²) in [5.74, 6) is 0.711. The maximum atomic E-state index is 10.6. The predicted octanol–water partition coefficient (Wildman–Crippen LogP) is 5.83. The van der Waals surface area contributed by atoms with Gasteiger partial charge in [0.1, 0.15) is 5.69 Å². The summed E-state index contributed by atoms with van der Waals surface area (Å²) < 4.78 is 0. The number of nitroso groups, excluding NO2 is 1. The van der Waals surface area contributed by atoms with Crippen molar-refractivity contribution in [1.82, 2.24) is 9.80 Å². The van der Waals surface area contributed by atoms with Crippen molar-refractivity contribution in [2.45, 2.75) is 66.3 Å². The maximum absolute atomic E-state index is 10.6. The third-order valence-electron chi connectivity index (χ3n) is 4.99. The minimum absolute atomic E-state index is 0.508. The van der Waals surface area contributed by atoms with E-state index in [9.17, 15) is 4.91 Å². The number of hydrogen-bond donors (Lipinski definition) is 0. The first-order chi connectivity index (χ1) is 12.6. The minimum atomic E-state index is 0.508. The van der Waals surface area contributed by atoms with E-state index < -0.39 is 0 Å². The first kappa shape index (κ1) is 22.8. The Hall–Kier alpha value is -1.26. The van der Waals surface area contributed by atoms with Crippen molar-refractivity contribution >= 4 is 5.69 Å². The van der Waals surface area contributed by atoms with Crippen molar-refractivity contribution in [3.05, 3.63) is 34.7 Å². The van der Waals surface area contributed by atoms with Gasteiger partial charge in [0.15, 0.2) is 0 Å². The van der Waals surface area contributed by atoms with Crippen LogP contribution in [0.3, 0.4) is 0 Å². The van der Waals surface area contributed by atoms with E-state index in [1.54, 1.807) is 0 Å². The summed E-state index contributed by atoms with van der Waals surface area (Å²) in [6, 6.07) is 7.70. The van der Waals surface area contributed by atoms with Gasteiger partial charge in [-0.15, -0.1) is 4.91 Å². The van der Waals surface area contributed by atoms with Gasteiger partial charge in [-0.25, -0.2) is 0 Å². The van der Waals surface area contributed by atoms with Gasteiger partial charge in [-0.2, -0.15) is 0 Å². The molecule has 0 N–H and O–H groups in total. The molecule has 0 amide bonds. The Kier molecular flexibility index (Phi) is 12.2. The highest BCUT2D eigenvalue weighted by Crippen LogP contribution is 2.15. The van der Waals surface area contributed by atoms with Gasteiger partial charge in [0.25, 0.3) is 0 Å². The molecule has 0 aliphatic rings. The van der Waals surface area contributed by atoms with E-state index >= 15 is 0 Å². The monoisotopic (exact) mass is 361 g/mol. The van der Waals surface area contributed by atoms with Crippen molar-refractivity contribution in [3.63, 3.8) is 0 Å². The first-order valence-electron chi connectivity index (χ1n) is 10.5. The normalized spacial score (nSPS) is 12.7. The van der Waals surface area contributed by atoms with Crippen molar-refractivity contribution in [2.75, 3.05) is 32.7 Å². The zero-order chi connectivity index (χ0) is 19.2. The molecule has 0 saturated carbocycles. The molecule has 1 aromatic carbocycles. The van der Waals surface area contributed by atoms with E-state index in [0.717, 1.165) is 19.6 Å². The number of nitrogens with zero attached hydrogens (tertiary/aromatic N) is 3. The highest BCUT2D eigenvalue weighted by atomic mass is 16.3. The number of hydrogen-bond acceptors (Lipinski definition) is 4. The molecule has 0 fully saturated rings. The molecule has 0 aliphatic carbocycles. The topological polar surface area (TPSA) is 35.9 Å². The van der Waals surface area contributed by atoms with Crippen LogP contribution in [0.15, 0.2) is 29.4 Å². The number of unbranched alkanes of at least 4 members (excludes halogenated alkanes) is 1. The molecule has 4 heteroatoms. The second kappa shape index (κ2) is 13.9. The van der Waals surface area contributed by atoms with Crippen molar-refractivity contribution in [1.29, 1.82) is 0 Å². The first-order valence-corrected chi connectivity index (χ1v) is 10.5. The summed E-state index contributed by atoms with van der Waals surface area (Å²) in [4.78, 5) is 15.8. The summed E-state index contributed by atoms with van der Waals surface area (Å²) in [6.45, 7) is 16.0. The van der Waals surface area contributed by atoms with E-state index in [4.69, 9.17) is 0 Å². The van der Waals surface area contributed by atoms with Crippen LogP contribution in [-0.4, -0.2) is 42.5 Å². The zero-order valence-corrected chi connectivity index (χ0v) is 17.4. The lowest BCUT2D eigenvalue weighted by Gasteiger charge is -2.26. The van der Waals surface area contributed by atoms with Gasteiger partial charge in [0, 0.05) is 13.1 Å². The molecule has 1 rings (SSSR count). The van der Waals surface area contributed by atoms with E-state index in [0.29, 0.717) is 11.6 Å². The summed E-state index contributed by atoms with van der Waals surface area (Å²) >= 11 is 0. The molecule has 0 aliphatic heterocycles. The average molecular weight is 362 g/mol. The van der Waals surface area contributed by atoms with Crippen LogP contribution in [0.5, 0.6) is 0 Å². The Morgan fingerprint density at radius 2 is 1.46 bits per heavy atom. The smallest absolute Gasteiger partial charge is 0.108 e. The molecule has 0 aromatic heterocycles. The highest BCUT2D eigenvalue weighted by Gasteiger charge is 2.11. The molecule has 0 heterocycles. The molecule has 26 heavy (non-hydrogen) atoms. The van der Waals surface area contributed by atoms with Crippen LogP contribution in [-0.2, 0) is 6.54 Å². The molecule has 0 bridgehead atoms. The molecular weight excluding hydrogens is 322 g/mol. The molecule has 4 nitrogen and oxygen atoms in total. The Labute approximate surface area is 160 Å². The van der Waals surface area contributed by atoms with E-state index in [-0.39, 0.29) is 0 Å². The Morgan fingerprint density at radius 3 is 1.96 bits per heavy atom. The van der Waals surface area contributed by atoms with E-state index in [2.05, 4.69) is 42.7 Å². The fourth-order valence-electron chi connectivity index (χ4n) is 3.36. The summed E-state index contributed by atoms with van der Waals surface area (Å²) in [5.41, 5.74) is 1.77. The fourth-order valence-corrected chi connectivity index (χ4v) is 3.36. The molecule has 1 atom stereocenters. The van der Waals surface area contributed by atoms with Gasteiger partial charge >= 0.3 is 0 Å². The molecule has 148 valence electrons. The van der Waals surface area contributed by atoms with Gasteiger partial charge < -0.3 is 4.90 Å². The van der Waals surface area contributed by atoms with Crippen molar-refractivity contribution < 1.29 is 0 Å². The van der Waals surface area contributed by atoms with Crippen LogP contribution in [0.4, 0.5) is 5.69 Å². The van der Waals surface area contributed by atoms with Gasteiger partial charge in [0.2, 0.25) is 0 Å². The maximum Gasteiger partial charge on any atom is 0.108 e. The fraction of sp³-hybridized carbons (Fsp3) is 0.727. The summed E-state index contributed by atoms with van der Waals surface area (Å²) in [6.07, 6.45) is 6.21. The van der Waals surface area contributed by atoms with Gasteiger partial charge in [-0.3, -0.25) is 4.90 Å². The average Bonchev–Trinajstić information content (AvgIpc) is 2.65. The van der Waals surface area contributed by atoms with Gasteiger partial charge in [0.05, 0.1) is 0 Å². The largest absolute Gasteiger partial charge is 0.303 e. The van der Waals surface area contributed by atoms with Crippen molar-refractivity contribution in [2.24, 2.45) is 11.1 Å². The Morgan fingerprint density at radius 1 is 0.885 bits per heavy atom. The second-order valence-electron chi connectivity index (χ2n) is 7.56. The second-order valence-corrected chi connectivity index (χ2v) is 7.56. The van der Waals surface area contributed by atoms with Crippen LogP contribution in [0.25, 0.3) is 0 Å². The predicted molar refractivity (Wildman–Crippen MR) is 113 cm³/mol. The number of rotatable bonds is 15. The van der Waals surface area contributed by atoms with E-state index in [1.165, 1.54) is 57.3 Å². The Bertz CT molecular complexity index is 469. The number of benzene rings is 1. The quantitative estimate of drug-likeness (QED) is 0.291. The molecule has 1 unspecified atom stereocenters. The van der Waals surface area contributed by atoms with Gasteiger partial charge in [-0.05, 0) is 80.7 Å². The molecule has 0 spiro atoms. The van der Waals surface area contributed by atoms with Crippen molar-refractivity contribution in [3.8, 4) is 0 Å². The highest BCUT2D eigenvalue weighted by molar-refractivity contribution is 5.38. The van der Waals surface area contributed by atoms with E-state index in [1.807, 2.05) is 24.3 Å². The standard InChI is InChI=1S/C22H39N3O/c1-5-14-24(15-6-2)16-8-9-17-25(18-20(4)7-3)19-21-10-12-22(23-26)13-11-21/h10-13,20H,5-9,14-19H2,1-4H3. The third kappa shape index (κ3) is 9.44. The zero-order valence-electron chi connectivity index (χ0n) is 17.4. The molecule has 0 saturated heterocycles. The lowest BCUT2D eigenvalue weighted by Crippen LogP contribution is -2.30. The third-order valence-corrected chi connectivity index (χ3v) is 4.99.